The molecule has 0 fully saturated rings. The quantitative estimate of drug-likeness (QED) is 0.761. The molecule has 0 unspecified atom stereocenters. The molecule has 0 saturated carbocycles. The Morgan fingerprint density at radius 3 is 1.84 bits per heavy atom. The Labute approximate surface area is 116 Å². The summed E-state index contributed by atoms with van der Waals surface area (Å²) >= 11 is 0. The molecule has 0 heterocycles. The van der Waals surface area contributed by atoms with Gasteiger partial charge in [0, 0.05) is 11.4 Å². The van der Waals surface area contributed by atoms with Crippen LogP contribution in [0.1, 0.15) is 37.5 Å². The van der Waals surface area contributed by atoms with Crippen molar-refractivity contribution in [2.24, 2.45) is 0 Å². The van der Waals surface area contributed by atoms with Crippen LogP contribution in [0.2, 0.25) is 0 Å². The first-order valence-corrected chi connectivity index (χ1v) is 6.81. The first kappa shape index (κ1) is 13.7. The van der Waals surface area contributed by atoms with Crippen LogP contribution in [0.3, 0.4) is 0 Å². The van der Waals surface area contributed by atoms with Crippen molar-refractivity contribution in [1.29, 1.82) is 0 Å². The van der Waals surface area contributed by atoms with Crippen molar-refractivity contribution in [1.82, 2.24) is 0 Å². The summed E-state index contributed by atoms with van der Waals surface area (Å²) in [7, 11) is 0. The predicted octanol–water partition coefficient (Wildman–Crippen LogP) is 5.34. The summed E-state index contributed by atoms with van der Waals surface area (Å²) < 4.78 is 0. The highest BCUT2D eigenvalue weighted by molar-refractivity contribution is 5.61. The molecule has 2 rings (SSSR count). The molecular formula is C18H23N. The van der Waals surface area contributed by atoms with Crippen molar-refractivity contribution >= 4 is 11.4 Å². The van der Waals surface area contributed by atoms with Crippen molar-refractivity contribution in [2.45, 2.75) is 40.0 Å². The minimum Gasteiger partial charge on any atom is -0.356 e. The molecule has 2 aromatic rings. The molecule has 1 heteroatoms. The third-order valence-corrected chi connectivity index (χ3v) is 3.55. The minimum absolute atomic E-state index is 0.207. The van der Waals surface area contributed by atoms with Gasteiger partial charge in [0.15, 0.2) is 0 Å². The van der Waals surface area contributed by atoms with E-state index in [-0.39, 0.29) is 5.41 Å². The Kier molecular flexibility index (Phi) is 3.66. The molecule has 1 nitrogen and oxygen atoms in total. The first-order valence-electron chi connectivity index (χ1n) is 6.81. The van der Waals surface area contributed by atoms with E-state index in [2.05, 4.69) is 82.4 Å². The van der Waals surface area contributed by atoms with Gasteiger partial charge in [-0.15, -0.1) is 0 Å². The summed E-state index contributed by atoms with van der Waals surface area (Å²) in [5.74, 6) is 0. The van der Waals surface area contributed by atoms with E-state index >= 15 is 0 Å². The molecule has 100 valence electrons. The van der Waals surface area contributed by atoms with Crippen LogP contribution < -0.4 is 5.32 Å². The number of aryl methyl sites for hydroxylation is 2. The number of anilines is 2. The van der Waals surface area contributed by atoms with Crippen LogP contribution >= 0.6 is 0 Å². The Morgan fingerprint density at radius 2 is 1.32 bits per heavy atom. The largest absolute Gasteiger partial charge is 0.356 e. The van der Waals surface area contributed by atoms with Gasteiger partial charge in [0.05, 0.1) is 0 Å². The van der Waals surface area contributed by atoms with Crippen LogP contribution in [0.25, 0.3) is 0 Å². The number of nitrogens with one attached hydrogen (secondary N) is 1. The zero-order chi connectivity index (χ0) is 14.0. The molecule has 2 aromatic carbocycles. The molecular weight excluding hydrogens is 230 g/mol. The van der Waals surface area contributed by atoms with E-state index in [1.54, 1.807) is 0 Å². The molecule has 0 radical (unpaired) electrons. The Hall–Kier alpha value is -1.76. The average molecular weight is 253 g/mol. The first-order chi connectivity index (χ1) is 8.86. The predicted molar refractivity (Wildman–Crippen MR) is 84.3 cm³/mol. The summed E-state index contributed by atoms with van der Waals surface area (Å²) in [5, 5.41) is 3.45. The molecule has 0 bridgehead atoms. The van der Waals surface area contributed by atoms with Gasteiger partial charge in [0.25, 0.3) is 0 Å². The van der Waals surface area contributed by atoms with Crippen LogP contribution in [0.4, 0.5) is 11.4 Å². The maximum Gasteiger partial charge on any atom is 0.0387 e. The highest BCUT2D eigenvalue weighted by Crippen LogP contribution is 2.25. The van der Waals surface area contributed by atoms with Gasteiger partial charge in [-0.2, -0.15) is 0 Å². The van der Waals surface area contributed by atoms with Gasteiger partial charge in [0.1, 0.15) is 0 Å². The number of hydrogen-bond donors (Lipinski definition) is 1. The second-order valence-corrected chi connectivity index (χ2v) is 6.25. The van der Waals surface area contributed by atoms with E-state index < -0.39 is 0 Å². The van der Waals surface area contributed by atoms with Crippen LogP contribution in [0.5, 0.6) is 0 Å². The van der Waals surface area contributed by atoms with Crippen molar-refractivity contribution in [3.63, 3.8) is 0 Å². The molecule has 0 aliphatic rings. The van der Waals surface area contributed by atoms with E-state index in [4.69, 9.17) is 0 Å². The lowest BCUT2D eigenvalue weighted by Crippen LogP contribution is -2.10. The second-order valence-electron chi connectivity index (χ2n) is 6.25. The smallest absolute Gasteiger partial charge is 0.0387 e. The molecule has 1 N–H and O–H groups in total. The third-order valence-electron chi connectivity index (χ3n) is 3.55. The monoisotopic (exact) mass is 253 g/mol. The van der Waals surface area contributed by atoms with Gasteiger partial charge in [0.2, 0.25) is 0 Å². The highest BCUT2D eigenvalue weighted by Gasteiger charge is 2.12. The van der Waals surface area contributed by atoms with Crippen molar-refractivity contribution in [2.75, 3.05) is 5.32 Å². The molecule has 19 heavy (non-hydrogen) atoms. The summed E-state index contributed by atoms with van der Waals surface area (Å²) in [6.45, 7) is 11.0. The topological polar surface area (TPSA) is 12.0 Å². The highest BCUT2D eigenvalue weighted by atomic mass is 14.9. The van der Waals surface area contributed by atoms with Crippen molar-refractivity contribution < 1.29 is 0 Å². The van der Waals surface area contributed by atoms with Crippen LogP contribution in [0.15, 0.2) is 42.5 Å². The van der Waals surface area contributed by atoms with Gasteiger partial charge in [-0.3, -0.25) is 0 Å². The van der Waals surface area contributed by atoms with Crippen LogP contribution in [0, 0.1) is 13.8 Å². The molecule has 0 spiro atoms. The summed E-state index contributed by atoms with van der Waals surface area (Å²) in [5.41, 5.74) is 6.49. The maximum atomic E-state index is 3.45. The molecule has 0 amide bonds. The van der Waals surface area contributed by atoms with Crippen molar-refractivity contribution in [3.05, 3.63) is 59.2 Å². The van der Waals surface area contributed by atoms with Gasteiger partial charge in [-0.05, 0) is 60.2 Å². The Morgan fingerprint density at radius 1 is 0.737 bits per heavy atom. The summed E-state index contributed by atoms with van der Waals surface area (Å²) in [4.78, 5) is 0. The molecule has 0 saturated heterocycles. The van der Waals surface area contributed by atoms with Crippen LogP contribution in [-0.2, 0) is 5.41 Å². The summed E-state index contributed by atoms with van der Waals surface area (Å²) in [6.07, 6.45) is 0. The lowest BCUT2D eigenvalue weighted by Gasteiger charge is -2.19. The molecule has 0 aliphatic heterocycles. The average Bonchev–Trinajstić information content (AvgIpc) is 2.33. The van der Waals surface area contributed by atoms with E-state index in [0.29, 0.717) is 0 Å². The number of rotatable bonds is 2. The van der Waals surface area contributed by atoms with E-state index in [9.17, 15) is 0 Å². The zero-order valence-electron chi connectivity index (χ0n) is 12.5. The SMILES string of the molecule is Cc1ccc(Nc2ccc(C(C)(C)C)cc2)cc1C. The van der Waals surface area contributed by atoms with Gasteiger partial charge >= 0.3 is 0 Å². The van der Waals surface area contributed by atoms with Crippen molar-refractivity contribution in [3.8, 4) is 0 Å². The maximum absolute atomic E-state index is 3.45. The fraction of sp³-hybridized carbons (Fsp3) is 0.333. The zero-order valence-corrected chi connectivity index (χ0v) is 12.5. The summed E-state index contributed by atoms with van der Waals surface area (Å²) in [6, 6.07) is 15.2. The van der Waals surface area contributed by atoms with Gasteiger partial charge in [-0.1, -0.05) is 39.0 Å². The van der Waals surface area contributed by atoms with Crippen LogP contribution in [-0.4, -0.2) is 0 Å². The number of hydrogen-bond acceptors (Lipinski definition) is 1. The molecule has 0 atom stereocenters. The molecule has 0 aromatic heterocycles. The minimum atomic E-state index is 0.207. The van der Waals surface area contributed by atoms with E-state index in [0.717, 1.165) is 11.4 Å². The fourth-order valence-electron chi connectivity index (χ4n) is 2.04. The lowest BCUT2D eigenvalue weighted by atomic mass is 9.87. The Bertz CT molecular complexity index is 559. The lowest BCUT2D eigenvalue weighted by molar-refractivity contribution is 0.590. The Balaban J connectivity index is 2.17. The van der Waals surface area contributed by atoms with Gasteiger partial charge < -0.3 is 5.32 Å². The van der Waals surface area contributed by atoms with E-state index in [1.807, 2.05) is 0 Å². The normalized spacial score (nSPS) is 11.4. The van der Waals surface area contributed by atoms with Gasteiger partial charge in [-0.25, -0.2) is 0 Å². The third kappa shape index (κ3) is 3.37. The second kappa shape index (κ2) is 5.08. The van der Waals surface area contributed by atoms with E-state index in [1.165, 1.54) is 16.7 Å². The molecule has 0 aliphatic carbocycles. The number of benzene rings is 2. The standard InChI is InChI=1S/C18H23N/c1-13-6-9-17(12-14(13)2)19-16-10-7-15(8-11-16)18(3,4)5/h6-12,19H,1-5H3. The fourth-order valence-corrected chi connectivity index (χ4v) is 2.04.